The molecule has 3 aromatic heterocycles. The van der Waals surface area contributed by atoms with Crippen LogP contribution in [0.3, 0.4) is 0 Å². The SMILES string of the molecule is Nc1n[nH]c2ccc(-c3ccnc4[nH]c(CCCN5CCCCC5)cc34)cc12. The molecule has 0 radical (unpaired) electrons. The molecule has 0 aliphatic carbocycles. The molecule has 28 heavy (non-hydrogen) atoms. The van der Waals surface area contributed by atoms with Crippen LogP contribution in [0.15, 0.2) is 36.5 Å². The van der Waals surface area contributed by atoms with Crippen LogP contribution >= 0.6 is 0 Å². The molecule has 6 nitrogen and oxygen atoms in total. The monoisotopic (exact) mass is 374 g/mol. The van der Waals surface area contributed by atoms with Gasteiger partial charge in [0.05, 0.1) is 5.52 Å². The molecule has 0 bridgehead atoms. The fourth-order valence-corrected chi connectivity index (χ4v) is 4.35. The number of H-pyrrole nitrogens is 2. The van der Waals surface area contributed by atoms with Crippen LogP contribution in [0.1, 0.15) is 31.4 Å². The van der Waals surface area contributed by atoms with Gasteiger partial charge in [0.25, 0.3) is 0 Å². The lowest BCUT2D eigenvalue weighted by atomic mass is 10.0. The van der Waals surface area contributed by atoms with Gasteiger partial charge in [0, 0.05) is 22.7 Å². The maximum Gasteiger partial charge on any atom is 0.153 e. The second-order valence-corrected chi connectivity index (χ2v) is 7.79. The van der Waals surface area contributed by atoms with Crippen molar-refractivity contribution in [1.82, 2.24) is 25.1 Å². The number of aromatic amines is 2. The molecule has 0 amide bonds. The Hall–Kier alpha value is -2.86. The van der Waals surface area contributed by atoms with Crippen LogP contribution < -0.4 is 5.73 Å². The highest BCUT2D eigenvalue weighted by Gasteiger charge is 2.12. The summed E-state index contributed by atoms with van der Waals surface area (Å²) < 4.78 is 0. The van der Waals surface area contributed by atoms with Crippen LogP contribution in [-0.2, 0) is 6.42 Å². The molecule has 6 heteroatoms. The molecule has 1 saturated heterocycles. The van der Waals surface area contributed by atoms with E-state index in [4.69, 9.17) is 5.73 Å². The minimum atomic E-state index is 0.537. The van der Waals surface area contributed by atoms with E-state index >= 15 is 0 Å². The first-order valence-corrected chi connectivity index (χ1v) is 10.2. The van der Waals surface area contributed by atoms with Crippen molar-refractivity contribution in [2.24, 2.45) is 0 Å². The van der Waals surface area contributed by atoms with E-state index in [0.29, 0.717) is 5.82 Å². The third-order valence-corrected chi connectivity index (χ3v) is 5.86. The number of hydrogen-bond donors (Lipinski definition) is 3. The fraction of sp³-hybridized carbons (Fsp3) is 0.364. The summed E-state index contributed by atoms with van der Waals surface area (Å²) >= 11 is 0. The zero-order valence-corrected chi connectivity index (χ0v) is 16.0. The Kier molecular flexibility index (Phi) is 4.49. The van der Waals surface area contributed by atoms with Crippen molar-refractivity contribution < 1.29 is 0 Å². The minimum absolute atomic E-state index is 0.537. The second-order valence-electron chi connectivity index (χ2n) is 7.79. The normalized spacial score (nSPS) is 15.6. The van der Waals surface area contributed by atoms with Gasteiger partial charge in [-0.15, -0.1) is 0 Å². The van der Waals surface area contributed by atoms with E-state index in [-0.39, 0.29) is 0 Å². The average molecular weight is 374 g/mol. The van der Waals surface area contributed by atoms with Crippen molar-refractivity contribution >= 4 is 27.8 Å². The van der Waals surface area contributed by atoms with Crippen LogP contribution in [0.5, 0.6) is 0 Å². The molecule has 1 fully saturated rings. The maximum atomic E-state index is 5.99. The molecule has 1 aromatic carbocycles. The number of anilines is 1. The Morgan fingerprint density at radius 3 is 2.82 bits per heavy atom. The van der Waals surface area contributed by atoms with Crippen molar-refractivity contribution in [2.75, 3.05) is 25.4 Å². The van der Waals surface area contributed by atoms with Crippen LogP contribution in [0, 0.1) is 0 Å². The number of piperidine rings is 1. The van der Waals surface area contributed by atoms with E-state index in [2.05, 4.69) is 49.3 Å². The zero-order chi connectivity index (χ0) is 18.9. The van der Waals surface area contributed by atoms with E-state index in [1.807, 2.05) is 12.3 Å². The highest BCUT2D eigenvalue weighted by molar-refractivity contribution is 5.98. The van der Waals surface area contributed by atoms with E-state index in [1.165, 1.54) is 56.6 Å². The number of fused-ring (bicyclic) bond motifs is 2. The Morgan fingerprint density at radius 2 is 1.93 bits per heavy atom. The Balaban J connectivity index is 1.39. The van der Waals surface area contributed by atoms with Gasteiger partial charge in [0.2, 0.25) is 0 Å². The number of aryl methyl sites for hydroxylation is 1. The number of aromatic nitrogens is 4. The van der Waals surface area contributed by atoms with Gasteiger partial charge in [-0.1, -0.05) is 12.5 Å². The van der Waals surface area contributed by atoms with Gasteiger partial charge >= 0.3 is 0 Å². The molecule has 0 spiro atoms. The summed E-state index contributed by atoms with van der Waals surface area (Å²) in [4.78, 5) is 10.7. The highest BCUT2D eigenvalue weighted by atomic mass is 15.1. The summed E-state index contributed by atoms with van der Waals surface area (Å²) in [6, 6.07) is 10.6. The van der Waals surface area contributed by atoms with Crippen LogP contribution in [0.4, 0.5) is 5.82 Å². The Bertz CT molecular complexity index is 1100. The van der Waals surface area contributed by atoms with Crippen molar-refractivity contribution in [1.29, 1.82) is 0 Å². The number of nitrogen functional groups attached to an aromatic ring is 1. The number of pyridine rings is 1. The third-order valence-electron chi connectivity index (χ3n) is 5.86. The Labute approximate surface area is 164 Å². The number of nitrogens with two attached hydrogens (primary N) is 1. The topological polar surface area (TPSA) is 86.6 Å². The van der Waals surface area contributed by atoms with Gasteiger partial charge in [0.1, 0.15) is 5.65 Å². The van der Waals surface area contributed by atoms with Crippen molar-refractivity contribution in [3.63, 3.8) is 0 Å². The van der Waals surface area contributed by atoms with Gasteiger partial charge in [-0.25, -0.2) is 4.98 Å². The number of nitrogens with zero attached hydrogens (tertiary/aromatic N) is 3. The first-order chi connectivity index (χ1) is 13.8. The van der Waals surface area contributed by atoms with Gasteiger partial charge < -0.3 is 15.6 Å². The summed E-state index contributed by atoms with van der Waals surface area (Å²) in [5, 5.41) is 9.18. The van der Waals surface area contributed by atoms with Gasteiger partial charge in [0.15, 0.2) is 5.82 Å². The molecule has 4 heterocycles. The number of rotatable bonds is 5. The molecule has 1 aliphatic rings. The summed E-state index contributed by atoms with van der Waals surface area (Å²) in [6.45, 7) is 3.71. The number of nitrogens with one attached hydrogen (secondary N) is 2. The predicted octanol–water partition coefficient (Wildman–Crippen LogP) is 4.11. The fourth-order valence-electron chi connectivity index (χ4n) is 4.35. The zero-order valence-electron chi connectivity index (χ0n) is 16.0. The highest BCUT2D eigenvalue weighted by Crippen LogP contribution is 2.31. The molecule has 4 N–H and O–H groups in total. The number of benzene rings is 1. The lowest BCUT2D eigenvalue weighted by Crippen LogP contribution is -2.30. The van der Waals surface area contributed by atoms with Gasteiger partial charge in [-0.3, -0.25) is 5.10 Å². The lowest BCUT2D eigenvalue weighted by molar-refractivity contribution is 0.226. The summed E-state index contributed by atoms with van der Waals surface area (Å²) in [6.07, 6.45) is 8.20. The molecule has 5 rings (SSSR count). The van der Waals surface area contributed by atoms with Crippen LogP contribution in [0.2, 0.25) is 0 Å². The summed E-state index contributed by atoms with van der Waals surface area (Å²) in [7, 11) is 0. The molecule has 0 saturated carbocycles. The molecule has 4 aromatic rings. The van der Waals surface area contributed by atoms with Crippen molar-refractivity contribution in [2.45, 2.75) is 32.1 Å². The smallest absolute Gasteiger partial charge is 0.153 e. The van der Waals surface area contributed by atoms with Crippen molar-refractivity contribution in [3.05, 3.63) is 42.2 Å². The molecule has 0 unspecified atom stereocenters. The minimum Gasteiger partial charge on any atom is -0.382 e. The molecular formula is C22H26N6. The quantitative estimate of drug-likeness (QED) is 0.491. The van der Waals surface area contributed by atoms with Crippen molar-refractivity contribution in [3.8, 4) is 11.1 Å². The van der Waals surface area contributed by atoms with E-state index in [9.17, 15) is 0 Å². The van der Waals surface area contributed by atoms with Gasteiger partial charge in [-0.05, 0) is 80.7 Å². The summed E-state index contributed by atoms with van der Waals surface area (Å²) in [5.74, 6) is 0.537. The van der Waals surface area contributed by atoms with Gasteiger partial charge in [-0.2, -0.15) is 5.10 Å². The molecule has 1 aliphatic heterocycles. The third kappa shape index (κ3) is 3.24. The Morgan fingerprint density at radius 1 is 1.04 bits per heavy atom. The largest absolute Gasteiger partial charge is 0.382 e. The lowest BCUT2D eigenvalue weighted by Gasteiger charge is -2.26. The second kappa shape index (κ2) is 7.28. The predicted molar refractivity (Wildman–Crippen MR) is 114 cm³/mol. The molecule has 144 valence electrons. The number of likely N-dealkylation sites (tertiary alicyclic amines) is 1. The van der Waals surface area contributed by atoms with Crippen LogP contribution in [-0.4, -0.2) is 44.7 Å². The molecule has 0 atom stereocenters. The first-order valence-electron chi connectivity index (χ1n) is 10.2. The van der Waals surface area contributed by atoms with Crippen LogP contribution in [0.25, 0.3) is 33.1 Å². The number of hydrogen-bond acceptors (Lipinski definition) is 4. The van der Waals surface area contributed by atoms with E-state index in [1.54, 1.807) is 0 Å². The van der Waals surface area contributed by atoms with E-state index in [0.717, 1.165) is 33.9 Å². The molecular weight excluding hydrogens is 348 g/mol. The summed E-state index contributed by atoms with van der Waals surface area (Å²) in [5.41, 5.74) is 11.5. The standard InChI is InChI=1S/C22H26N6/c23-21-19-13-15(6-7-20(19)26-27-21)17-8-9-24-22-18(17)14-16(25-22)5-4-12-28-10-2-1-3-11-28/h6-9,13-14H,1-5,10-12H2,(H,24,25)(H3,23,26,27). The first kappa shape index (κ1) is 17.3. The maximum absolute atomic E-state index is 5.99. The average Bonchev–Trinajstić information content (AvgIpc) is 3.31. The van der Waals surface area contributed by atoms with E-state index < -0.39 is 0 Å².